The van der Waals surface area contributed by atoms with Gasteiger partial charge in [-0.15, -0.1) is 11.3 Å². The van der Waals surface area contributed by atoms with E-state index in [1.54, 1.807) is 0 Å². The quantitative estimate of drug-likeness (QED) is 0.740. The van der Waals surface area contributed by atoms with Crippen LogP contribution in [0, 0.1) is 18.3 Å². The number of ether oxygens (including phenoxy) is 1. The van der Waals surface area contributed by atoms with Crippen LogP contribution in [0.15, 0.2) is 5.38 Å². The average Bonchev–Trinajstić information content (AvgIpc) is 2.43. The van der Waals surface area contributed by atoms with E-state index in [2.05, 4.69) is 0 Å². The Morgan fingerprint density at radius 3 is 3.00 bits per heavy atom. The molecule has 0 unspecified atom stereocenters. The van der Waals surface area contributed by atoms with Crippen LogP contribution in [0.5, 0.6) is 5.75 Å². The van der Waals surface area contributed by atoms with Crippen LogP contribution in [-0.4, -0.2) is 12.4 Å². The lowest BCUT2D eigenvalue weighted by molar-refractivity contribution is -0.118. The van der Waals surface area contributed by atoms with Crippen molar-refractivity contribution in [1.29, 1.82) is 5.26 Å². The van der Waals surface area contributed by atoms with Gasteiger partial charge in [0.25, 0.3) is 0 Å². The van der Waals surface area contributed by atoms with Gasteiger partial charge in [-0.1, -0.05) is 0 Å². The van der Waals surface area contributed by atoms with Crippen molar-refractivity contribution >= 4 is 17.1 Å². The van der Waals surface area contributed by atoms with E-state index in [-0.39, 0.29) is 12.4 Å². The molecule has 0 N–H and O–H groups in total. The normalized spacial score (nSPS) is 9.31. The van der Waals surface area contributed by atoms with E-state index in [1.807, 2.05) is 18.4 Å². The summed E-state index contributed by atoms with van der Waals surface area (Å²) in [6.45, 7) is 3.34. The summed E-state index contributed by atoms with van der Waals surface area (Å²) in [5.41, 5.74) is 0.905. The highest BCUT2D eigenvalue weighted by atomic mass is 32.1. The first-order valence-corrected chi connectivity index (χ1v) is 4.63. The zero-order chi connectivity index (χ0) is 9.84. The zero-order valence-corrected chi connectivity index (χ0v) is 8.27. The summed E-state index contributed by atoms with van der Waals surface area (Å²) in [6.07, 6.45) is 0. The Bertz CT molecular complexity index is 362. The number of carbonyl (C=O) groups is 1. The maximum absolute atomic E-state index is 10.6. The van der Waals surface area contributed by atoms with Gasteiger partial charge in [0, 0.05) is 5.56 Å². The second kappa shape index (κ2) is 4.06. The van der Waals surface area contributed by atoms with E-state index in [9.17, 15) is 4.79 Å². The summed E-state index contributed by atoms with van der Waals surface area (Å²) in [5.74, 6) is 0.497. The van der Waals surface area contributed by atoms with E-state index < -0.39 is 0 Å². The molecule has 1 rings (SSSR count). The SMILES string of the molecule is CC(=O)COc1c(C)csc1C#N. The molecule has 0 radical (unpaired) electrons. The molecule has 1 aromatic heterocycles. The van der Waals surface area contributed by atoms with E-state index in [1.165, 1.54) is 18.3 Å². The zero-order valence-electron chi connectivity index (χ0n) is 7.46. The van der Waals surface area contributed by atoms with E-state index in [0.29, 0.717) is 10.6 Å². The van der Waals surface area contributed by atoms with Crippen molar-refractivity contribution in [2.75, 3.05) is 6.61 Å². The summed E-state index contributed by atoms with van der Waals surface area (Å²) in [7, 11) is 0. The molecule has 0 amide bonds. The number of rotatable bonds is 3. The highest BCUT2D eigenvalue weighted by Crippen LogP contribution is 2.28. The number of carbonyl (C=O) groups excluding carboxylic acids is 1. The standard InChI is InChI=1S/C9H9NO2S/c1-6-5-13-8(3-10)9(6)12-4-7(2)11/h5H,4H2,1-2H3. The Balaban J connectivity index is 2.81. The highest BCUT2D eigenvalue weighted by molar-refractivity contribution is 7.11. The highest BCUT2D eigenvalue weighted by Gasteiger charge is 2.09. The van der Waals surface area contributed by atoms with E-state index in [0.717, 1.165) is 5.56 Å². The van der Waals surface area contributed by atoms with Crippen LogP contribution < -0.4 is 4.74 Å². The number of aryl methyl sites for hydroxylation is 1. The van der Waals surface area contributed by atoms with Gasteiger partial charge >= 0.3 is 0 Å². The van der Waals surface area contributed by atoms with Gasteiger partial charge in [-0.25, -0.2) is 0 Å². The van der Waals surface area contributed by atoms with Crippen molar-refractivity contribution < 1.29 is 9.53 Å². The summed E-state index contributed by atoms with van der Waals surface area (Å²) in [5, 5.41) is 10.5. The lowest BCUT2D eigenvalue weighted by Gasteiger charge is -2.02. The molecular formula is C9H9NO2S. The molecule has 68 valence electrons. The summed E-state index contributed by atoms with van der Waals surface area (Å²) in [4.78, 5) is 11.2. The monoisotopic (exact) mass is 195 g/mol. The molecule has 0 spiro atoms. The number of hydrogen-bond donors (Lipinski definition) is 0. The van der Waals surface area contributed by atoms with Crippen molar-refractivity contribution in [3.63, 3.8) is 0 Å². The predicted molar refractivity (Wildman–Crippen MR) is 49.9 cm³/mol. The first-order valence-electron chi connectivity index (χ1n) is 3.75. The van der Waals surface area contributed by atoms with Gasteiger partial charge in [-0.05, 0) is 19.2 Å². The number of hydrogen-bond acceptors (Lipinski definition) is 4. The Kier molecular flexibility index (Phi) is 3.04. The molecule has 0 fully saturated rings. The molecule has 0 saturated carbocycles. The molecule has 0 saturated heterocycles. The maximum atomic E-state index is 10.6. The number of Topliss-reactive ketones (excluding diaryl/α,β-unsaturated/α-hetero) is 1. The molecule has 0 atom stereocenters. The molecule has 13 heavy (non-hydrogen) atoms. The minimum Gasteiger partial charge on any atom is -0.483 e. The van der Waals surface area contributed by atoms with Crippen molar-refractivity contribution in [2.24, 2.45) is 0 Å². The van der Waals surface area contributed by atoms with Crippen LogP contribution in [0.4, 0.5) is 0 Å². The number of ketones is 1. The number of nitriles is 1. The van der Waals surface area contributed by atoms with Gasteiger partial charge in [0.05, 0.1) is 0 Å². The van der Waals surface area contributed by atoms with Crippen LogP contribution in [-0.2, 0) is 4.79 Å². The van der Waals surface area contributed by atoms with Gasteiger partial charge < -0.3 is 4.74 Å². The third kappa shape index (κ3) is 2.30. The Morgan fingerprint density at radius 2 is 2.46 bits per heavy atom. The Morgan fingerprint density at radius 1 is 1.77 bits per heavy atom. The van der Waals surface area contributed by atoms with E-state index >= 15 is 0 Å². The van der Waals surface area contributed by atoms with Crippen LogP contribution in [0.3, 0.4) is 0 Å². The molecule has 0 aliphatic carbocycles. The molecule has 0 aliphatic heterocycles. The maximum Gasteiger partial charge on any atom is 0.167 e. The third-order valence-electron chi connectivity index (χ3n) is 1.44. The Labute approximate surface area is 80.6 Å². The van der Waals surface area contributed by atoms with Crippen LogP contribution in [0.2, 0.25) is 0 Å². The minimum atomic E-state index is -0.0468. The van der Waals surface area contributed by atoms with E-state index in [4.69, 9.17) is 10.00 Å². The Hall–Kier alpha value is -1.34. The van der Waals surface area contributed by atoms with Crippen molar-refractivity contribution in [2.45, 2.75) is 13.8 Å². The molecule has 1 heterocycles. The predicted octanol–water partition coefficient (Wildman–Crippen LogP) is 1.90. The summed E-state index contributed by atoms with van der Waals surface area (Å²) >= 11 is 1.33. The molecular weight excluding hydrogens is 186 g/mol. The van der Waals surface area contributed by atoms with Crippen molar-refractivity contribution in [3.8, 4) is 11.8 Å². The second-order valence-electron chi connectivity index (χ2n) is 2.68. The first-order chi connectivity index (χ1) is 6.15. The van der Waals surface area contributed by atoms with Crippen LogP contribution in [0.25, 0.3) is 0 Å². The fourth-order valence-electron chi connectivity index (χ4n) is 0.864. The second-order valence-corrected chi connectivity index (χ2v) is 3.56. The molecule has 0 aromatic carbocycles. The molecule has 0 bridgehead atoms. The summed E-state index contributed by atoms with van der Waals surface area (Å²) in [6, 6.07) is 2.02. The lowest BCUT2D eigenvalue weighted by atomic mass is 10.3. The molecule has 1 aromatic rings. The van der Waals surface area contributed by atoms with Gasteiger partial charge in [0.1, 0.15) is 17.6 Å². The fraction of sp³-hybridized carbons (Fsp3) is 0.333. The number of nitrogens with zero attached hydrogens (tertiary/aromatic N) is 1. The van der Waals surface area contributed by atoms with Crippen molar-refractivity contribution in [1.82, 2.24) is 0 Å². The van der Waals surface area contributed by atoms with Crippen LogP contribution in [0.1, 0.15) is 17.4 Å². The average molecular weight is 195 g/mol. The van der Waals surface area contributed by atoms with Gasteiger partial charge in [0.15, 0.2) is 11.5 Å². The summed E-state index contributed by atoms with van der Waals surface area (Å²) < 4.78 is 5.20. The lowest BCUT2D eigenvalue weighted by Crippen LogP contribution is -2.07. The van der Waals surface area contributed by atoms with Crippen molar-refractivity contribution in [3.05, 3.63) is 15.8 Å². The fourth-order valence-corrected chi connectivity index (χ4v) is 1.65. The molecule has 0 aliphatic rings. The number of thiophene rings is 1. The van der Waals surface area contributed by atoms with Crippen LogP contribution >= 0.6 is 11.3 Å². The first kappa shape index (κ1) is 9.75. The van der Waals surface area contributed by atoms with Gasteiger partial charge in [0.2, 0.25) is 0 Å². The van der Waals surface area contributed by atoms with Gasteiger partial charge in [-0.3, -0.25) is 4.79 Å². The minimum absolute atomic E-state index is 0.0340. The molecule has 4 heteroatoms. The third-order valence-corrected chi connectivity index (χ3v) is 2.42. The van der Waals surface area contributed by atoms with Gasteiger partial charge in [-0.2, -0.15) is 5.26 Å². The molecule has 3 nitrogen and oxygen atoms in total. The smallest absolute Gasteiger partial charge is 0.167 e. The largest absolute Gasteiger partial charge is 0.483 e. The topological polar surface area (TPSA) is 50.1 Å².